The molecule has 3 aromatic carbocycles. The number of aryl methyl sites for hydroxylation is 1. The van der Waals surface area contributed by atoms with Gasteiger partial charge in [0.2, 0.25) is 0 Å². The number of aromatic nitrogens is 1. The molecule has 0 bridgehead atoms. The van der Waals surface area contributed by atoms with Crippen molar-refractivity contribution in [3.8, 4) is 17.3 Å². The molecule has 1 aromatic heterocycles. The third-order valence-corrected chi connectivity index (χ3v) is 5.08. The van der Waals surface area contributed by atoms with E-state index in [1.54, 1.807) is 0 Å². The summed E-state index contributed by atoms with van der Waals surface area (Å²) in [5, 5.41) is 18.6. The minimum atomic E-state index is 0.270. The predicted octanol–water partition coefficient (Wildman–Crippen LogP) is 5.61. The van der Waals surface area contributed by atoms with Crippen molar-refractivity contribution in [2.45, 2.75) is 6.92 Å². The number of rotatable bonds is 4. The van der Waals surface area contributed by atoms with Gasteiger partial charge in [0.25, 0.3) is 0 Å². The molecular weight excluding hydrogens is 352 g/mol. The summed E-state index contributed by atoms with van der Waals surface area (Å²) in [7, 11) is 0. The molecule has 5 heteroatoms. The third kappa shape index (κ3) is 3.57. The summed E-state index contributed by atoms with van der Waals surface area (Å²) in [4.78, 5) is 4.65. The number of anilines is 1. The summed E-state index contributed by atoms with van der Waals surface area (Å²) >= 11 is 1.42. The van der Waals surface area contributed by atoms with Crippen molar-refractivity contribution in [2.75, 3.05) is 5.43 Å². The van der Waals surface area contributed by atoms with Gasteiger partial charge in [-0.25, -0.2) is 4.98 Å². The average Bonchev–Trinajstić information content (AvgIpc) is 3.19. The van der Waals surface area contributed by atoms with Crippen LogP contribution in [0.1, 0.15) is 10.6 Å². The Morgan fingerprint density at radius 3 is 2.63 bits per heavy atom. The highest BCUT2D eigenvalue weighted by Crippen LogP contribution is 2.29. The van der Waals surface area contributed by atoms with Gasteiger partial charge in [-0.1, -0.05) is 60.2 Å². The van der Waals surface area contributed by atoms with E-state index in [1.165, 1.54) is 22.3 Å². The second-order valence-electron chi connectivity index (χ2n) is 6.11. The number of hydrogen-bond acceptors (Lipinski definition) is 5. The molecule has 0 aliphatic carbocycles. The zero-order chi connectivity index (χ0) is 18.6. The summed E-state index contributed by atoms with van der Waals surface area (Å²) in [6.07, 6.45) is 0. The molecule has 1 N–H and O–H groups in total. The topological polar surface area (TPSA) is 61.1 Å². The molecule has 0 spiro atoms. The molecule has 0 atom stereocenters. The molecule has 0 aliphatic heterocycles. The van der Waals surface area contributed by atoms with Crippen LogP contribution >= 0.6 is 11.3 Å². The van der Waals surface area contributed by atoms with Crippen molar-refractivity contribution in [3.05, 3.63) is 82.7 Å². The van der Waals surface area contributed by atoms with Crippen LogP contribution in [0.4, 0.5) is 5.69 Å². The van der Waals surface area contributed by atoms with E-state index >= 15 is 0 Å². The minimum Gasteiger partial charge on any atom is -0.277 e. The maximum absolute atomic E-state index is 9.50. The van der Waals surface area contributed by atoms with Gasteiger partial charge in [0.15, 0.2) is 10.7 Å². The van der Waals surface area contributed by atoms with Crippen molar-refractivity contribution in [3.63, 3.8) is 0 Å². The smallest absolute Gasteiger partial charge is 0.196 e. The van der Waals surface area contributed by atoms with Gasteiger partial charge in [0.1, 0.15) is 6.07 Å². The van der Waals surface area contributed by atoms with Crippen molar-refractivity contribution in [2.24, 2.45) is 5.10 Å². The standard InChI is InChI=1S/C22H16N4S/c1-15-9-11-17(12-10-15)25-26-20(13-23)22-24-21(14-27-22)19-8-4-6-16-5-2-3-7-18(16)19/h2-12,14,25H,1H3/b26-20+. The van der Waals surface area contributed by atoms with E-state index in [-0.39, 0.29) is 5.71 Å². The van der Waals surface area contributed by atoms with Crippen LogP contribution in [0.5, 0.6) is 0 Å². The fourth-order valence-corrected chi connectivity index (χ4v) is 3.58. The Kier molecular flexibility index (Phi) is 4.65. The number of nitrogens with one attached hydrogen (secondary N) is 1. The number of hydrazone groups is 1. The first kappa shape index (κ1) is 17.0. The Morgan fingerprint density at radius 1 is 1.04 bits per heavy atom. The van der Waals surface area contributed by atoms with Crippen LogP contribution in [0.3, 0.4) is 0 Å². The zero-order valence-electron chi connectivity index (χ0n) is 14.7. The maximum atomic E-state index is 9.50. The Labute approximate surface area is 161 Å². The highest BCUT2D eigenvalue weighted by molar-refractivity contribution is 7.12. The SMILES string of the molecule is Cc1ccc(N/N=C(\C#N)c2nc(-c3cccc4ccccc34)cs2)cc1. The van der Waals surface area contributed by atoms with Gasteiger partial charge in [-0.15, -0.1) is 11.3 Å². The van der Waals surface area contributed by atoms with E-state index in [0.29, 0.717) is 5.01 Å². The van der Waals surface area contributed by atoms with Crippen LogP contribution in [-0.4, -0.2) is 10.7 Å². The number of fused-ring (bicyclic) bond motifs is 1. The molecular formula is C22H16N4S. The molecule has 0 amide bonds. The van der Waals surface area contributed by atoms with Gasteiger partial charge < -0.3 is 0 Å². The van der Waals surface area contributed by atoms with Crippen LogP contribution in [0.2, 0.25) is 0 Å². The summed E-state index contributed by atoms with van der Waals surface area (Å²) in [6, 6.07) is 24.3. The molecule has 0 unspecified atom stereocenters. The first-order valence-corrected chi connectivity index (χ1v) is 9.37. The van der Waals surface area contributed by atoms with Gasteiger partial charge in [-0.3, -0.25) is 5.43 Å². The number of hydrogen-bond donors (Lipinski definition) is 1. The van der Waals surface area contributed by atoms with Crippen LogP contribution < -0.4 is 5.43 Å². The number of nitrogens with zero attached hydrogens (tertiary/aromatic N) is 3. The zero-order valence-corrected chi connectivity index (χ0v) is 15.5. The molecule has 4 nitrogen and oxygen atoms in total. The predicted molar refractivity (Wildman–Crippen MR) is 112 cm³/mol. The van der Waals surface area contributed by atoms with Gasteiger partial charge >= 0.3 is 0 Å². The summed E-state index contributed by atoms with van der Waals surface area (Å²) < 4.78 is 0. The normalized spacial score (nSPS) is 11.3. The van der Waals surface area contributed by atoms with Gasteiger partial charge in [0.05, 0.1) is 11.4 Å². The van der Waals surface area contributed by atoms with Crippen LogP contribution in [0.15, 0.2) is 77.2 Å². The van der Waals surface area contributed by atoms with Crippen molar-refractivity contribution >= 4 is 33.5 Å². The quantitative estimate of drug-likeness (QED) is 0.376. The molecule has 0 aliphatic rings. The number of nitriles is 1. The number of thiazole rings is 1. The van der Waals surface area contributed by atoms with Crippen LogP contribution in [0, 0.1) is 18.3 Å². The molecule has 0 radical (unpaired) electrons. The average molecular weight is 368 g/mol. The van der Waals surface area contributed by atoms with Gasteiger partial charge in [-0.05, 0) is 29.8 Å². The van der Waals surface area contributed by atoms with Crippen molar-refractivity contribution in [1.82, 2.24) is 4.98 Å². The number of benzene rings is 3. The highest BCUT2D eigenvalue weighted by Gasteiger charge is 2.12. The molecule has 0 saturated carbocycles. The lowest BCUT2D eigenvalue weighted by molar-refractivity contribution is 1.30. The van der Waals surface area contributed by atoms with E-state index in [2.05, 4.69) is 45.8 Å². The summed E-state index contributed by atoms with van der Waals surface area (Å²) in [6.45, 7) is 2.03. The Bertz CT molecular complexity index is 1160. The third-order valence-electron chi connectivity index (χ3n) is 4.23. The van der Waals surface area contributed by atoms with Crippen LogP contribution in [-0.2, 0) is 0 Å². The maximum Gasteiger partial charge on any atom is 0.196 e. The van der Waals surface area contributed by atoms with Gasteiger partial charge in [0, 0.05) is 10.9 Å². The first-order valence-electron chi connectivity index (χ1n) is 8.49. The van der Waals surface area contributed by atoms with E-state index < -0.39 is 0 Å². The summed E-state index contributed by atoms with van der Waals surface area (Å²) in [5.41, 5.74) is 7.11. The monoisotopic (exact) mass is 368 g/mol. The van der Waals surface area contributed by atoms with Crippen LogP contribution in [0.25, 0.3) is 22.0 Å². The van der Waals surface area contributed by atoms with Crippen molar-refractivity contribution in [1.29, 1.82) is 5.26 Å². The Balaban J connectivity index is 1.65. The molecule has 27 heavy (non-hydrogen) atoms. The lowest BCUT2D eigenvalue weighted by atomic mass is 10.0. The lowest BCUT2D eigenvalue weighted by Gasteiger charge is -2.03. The van der Waals surface area contributed by atoms with E-state index in [4.69, 9.17) is 0 Å². The molecule has 0 saturated heterocycles. The van der Waals surface area contributed by atoms with E-state index in [9.17, 15) is 5.26 Å². The largest absolute Gasteiger partial charge is 0.277 e. The lowest BCUT2D eigenvalue weighted by Crippen LogP contribution is -2.01. The Hall–Kier alpha value is -3.49. The molecule has 4 rings (SSSR count). The van der Waals surface area contributed by atoms with E-state index in [1.807, 2.05) is 54.8 Å². The molecule has 130 valence electrons. The second kappa shape index (κ2) is 7.40. The fourth-order valence-electron chi connectivity index (χ4n) is 2.82. The highest BCUT2D eigenvalue weighted by atomic mass is 32.1. The van der Waals surface area contributed by atoms with Crippen molar-refractivity contribution < 1.29 is 0 Å². The fraction of sp³-hybridized carbons (Fsp3) is 0.0455. The minimum absolute atomic E-state index is 0.270. The first-order chi connectivity index (χ1) is 13.2. The molecule has 1 heterocycles. The van der Waals surface area contributed by atoms with Gasteiger partial charge in [-0.2, -0.15) is 10.4 Å². The molecule has 4 aromatic rings. The van der Waals surface area contributed by atoms with E-state index in [0.717, 1.165) is 22.3 Å². The summed E-state index contributed by atoms with van der Waals surface area (Å²) in [5.74, 6) is 0. The second-order valence-corrected chi connectivity index (χ2v) is 6.97. The molecule has 0 fully saturated rings. The Morgan fingerprint density at radius 2 is 1.81 bits per heavy atom.